The van der Waals surface area contributed by atoms with E-state index in [1.807, 2.05) is 18.2 Å². The van der Waals surface area contributed by atoms with Crippen LogP contribution in [0, 0.1) is 0 Å². The van der Waals surface area contributed by atoms with Crippen molar-refractivity contribution in [1.82, 2.24) is 10.2 Å². The molecular weight excluding hydrogens is 354 g/mol. The average molecular weight is 375 g/mol. The van der Waals surface area contributed by atoms with Gasteiger partial charge in [-0.1, -0.05) is 5.16 Å². The van der Waals surface area contributed by atoms with Gasteiger partial charge in [-0.2, -0.15) is 0 Å². The number of ether oxygens (including phenoxy) is 3. The number of amides is 2. The van der Waals surface area contributed by atoms with Crippen LogP contribution >= 0.6 is 0 Å². The molecule has 0 radical (unpaired) electrons. The van der Waals surface area contributed by atoms with Crippen LogP contribution in [0.3, 0.4) is 0 Å². The molecule has 27 heavy (non-hydrogen) atoms. The Kier molecular flexibility index (Phi) is 5.10. The second-order valence-corrected chi connectivity index (χ2v) is 6.44. The zero-order valence-electron chi connectivity index (χ0n) is 14.8. The van der Waals surface area contributed by atoms with Crippen LogP contribution in [0.1, 0.15) is 18.4 Å². The van der Waals surface area contributed by atoms with Gasteiger partial charge in [0.1, 0.15) is 0 Å². The monoisotopic (exact) mass is 375 g/mol. The Labute approximate surface area is 156 Å². The average Bonchev–Trinajstić information content (AvgIpc) is 3.37. The number of rotatable bonds is 5. The molecule has 4 rings (SSSR count). The first-order valence-corrected chi connectivity index (χ1v) is 8.96. The largest absolute Gasteiger partial charge is 0.454 e. The maximum absolute atomic E-state index is 12.3. The quantitative estimate of drug-likeness (QED) is 0.793. The number of carbonyl (C=O) groups excluding carboxylic acids is 2. The van der Waals surface area contributed by atoms with Crippen LogP contribution in [0.2, 0.25) is 0 Å². The fourth-order valence-electron chi connectivity index (χ4n) is 3.14. The van der Waals surface area contributed by atoms with E-state index in [0.717, 1.165) is 5.56 Å². The number of hydrogen-bond acceptors (Lipinski definition) is 7. The lowest BCUT2D eigenvalue weighted by Gasteiger charge is -2.26. The lowest BCUT2D eigenvalue weighted by Crippen LogP contribution is -2.42. The molecule has 0 aliphatic carbocycles. The van der Waals surface area contributed by atoms with E-state index < -0.39 is 6.10 Å². The van der Waals surface area contributed by atoms with E-state index in [-0.39, 0.29) is 31.6 Å². The first kappa shape index (κ1) is 17.6. The highest BCUT2D eigenvalue weighted by molar-refractivity contribution is 6.04. The molecule has 1 atom stereocenters. The van der Waals surface area contributed by atoms with E-state index in [0.29, 0.717) is 49.9 Å². The maximum Gasteiger partial charge on any atom is 0.264 e. The zero-order chi connectivity index (χ0) is 18.6. The lowest BCUT2D eigenvalue weighted by atomic mass is 10.0. The summed E-state index contributed by atoms with van der Waals surface area (Å²) in [6, 6.07) is 5.49. The van der Waals surface area contributed by atoms with Crippen molar-refractivity contribution in [3.8, 4) is 11.5 Å². The molecular formula is C18H21N3O6. The van der Waals surface area contributed by atoms with Crippen LogP contribution in [0.15, 0.2) is 23.4 Å². The summed E-state index contributed by atoms with van der Waals surface area (Å²) in [5.74, 6) is 1.09. The summed E-state index contributed by atoms with van der Waals surface area (Å²) in [6.45, 7) is 2.81. The second kappa shape index (κ2) is 7.83. The Morgan fingerprint density at radius 2 is 2.00 bits per heavy atom. The van der Waals surface area contributed by atoms with Crippen molar-refractivity contribution in [1.29, 1.82) is 0 Å². The van der Waals surface area contributed by atoms with Gasteiger partial charge in [0.15, 0.2) is 11.5 Å². The standard InChI is InChI=1S/C18H21N3O6/c22-17(21-5-7-24-8-6-21)3-4-19-18(23)16-10-13(20-27-16)12-1-2-14-15(9-12)26-11-25-14/h1-2,9,16H,3-8,10-11H2,(H,19,23)/t16-/m1/s1. The van der Waals surface area contributed by atoms with E-state index in [1.54, 1.807) is 4.90 Å². The molecule has 1 fully saturated rings. The molecule has 1 aromatic carbocycles. The molecule has 3 aliphatic rings. The van der Waals surface area contributed by atoms with Crippen molar-refractivity contribution in [2.75, 3.05) is 39.6 Å². The Hall–Kier alpha value is -2.81. The maximum atomic E-state index is 12.3. The summed E-state index contributed by atoms with van der Waals surface area (Å²) in [7, 11) is 0. The predicted molar refractivity (Wildman–Crippen MR) is 93.6 cm³/mol. The number of fused-ring (bicyclic) bond motifs is 1. The van der Waals surface area contributed by atoms with Crippen molar-refractivity contribution in [2.45, 2.75) is 18.9 Å². The molecule has 0 spiro atoms. The fourth-order valence-corrected chi connectivity index (χ4v) is 3.14. The van der Waals surface area contributed by atoms with Crippen LogP contribution in [0.5, 0.6) is 11.5 Å². The number of morpholine rings is 1. The predicted octanol–water partition coefficient (Wildman–Crippen LogP) is 0.273. The molecule has 1 N–H and O–H groups in total. The van der Waals surface area contributed by atoms with Crippen molar-refractivity contribution in [3.63, 3.8) is 0 Å². The van der Waals surface area contributed by atoms with E-state index in [9.17, 15) is 9.59 Å². The van der Waals surface area contributed by atoms with Gasteiger partial charge in [-0.05, 0) is 18.2 Å². The molecule has 1 aromatic rings. The number of hydrogen-bond donors (Lipinski definition) is 1. The third kappa shape index (κ3) is 3.97. The number of oxime groups is 1. The molecule has 9 heteroatoms. The summed E-state index contributed by atoms with van der Waals surface area (Å²) in [6.07, 6.45) is -0.0686. The zero-order valence-corrected chi connectivity index (χ0v) is 14.8. The van der Waals surface area contributed by atoms with Crippen LogP contribution in [0.4, 0.5) is 0 Å². The molecule has 2 amide bonds. The van der Waals surface area contributed by atoms with Gasteiger partial charge < -0.3 is 29.3 Å². The van der Waals surface area contributed by atoms with Gasteiger partial charge in [-0.3, -0.25) is 9.59 Å². The van der Waals surface area contributed by atoms with Crippen molar-refractivity contribution >= 4 is 17.5 Å². The molecule has 0 saturated carbocycles. The molecule has 1 saturated heterocycles. The highest BCUT2D eigenvalue weighted by atomic mass is 16.7. The van der Waals surface area contributed by atoms with E-state index in [4.69, 9.17) is 19.0 Å². The first-order valence-electron chi connectivity index (χ1n) is 8.96. The van der Waals surface area contributed by atoms with E-state index >= 15 is 0 Å². The van der Waals surface area contributed by atoms with E-state index in [1.165, 1.54) is 0 Å². The third-order valence-corrected chi connectivity index (χ3v) is 4.67. The van der Waals surface area contributed by atoms with Gasteiger partial charge in [0.2, 0.25) is 18.8 Å². The number of nitrogens with zero attached hydrogens (tertiary/aromatic N) is 2. The number of carbonyl (C=O) groups is 2. The topological polar surface area (TPSA) is 98.7 Å². The van der Waals surface area contributed by atoms with Gasteiger partial charge >= 0.3 is 0 Å². The highest BCUT2D eigenvalue weighted by Crippen LogP contribution is 2.33. The molecule has 144 valence electrons. The summed E-state index contributed by atoms with van der Waals surface area (Å²) in [4.78, 5) is 31.4. The van der Waals surface area contributed by atoms with Crippen LogP contribution in [-0.4, -0.2) is 68.2 Å². The van der Waals surface area contributed by atoms with Gasteiger partial charge in [0.05, 0.1) is 18.9 Å². The number of nitrogens with one attached hydrogen (secondary N) is 1. The second-order valence-electron chi connectivity index (χ2n) is 6.44. The summed E-state index contributed by atoms with van der Waals surface area (Å²) < 4.78 is 15.9. The summed E-state index contributed by atoms with van der Waals surface area (Å²) >= 11 is 0. The van der Waals surface area contributed by atoms with Crippen molar-refractivity contribution in [3.05, 3.63) is 23.8 Å². The lowest BCUT2D eigenvalue weighted by molar-refractivity contribution is -0.135. The Bertz CT molecular complexity index is 759. The summed E-state index contributed by atoms with van der Waals surface area (Å²) in [5, 5.41) is 6.77. The van der Waals surface area contributed by atoms with E-state index in [2.05, 4.69) is 10.5 Å². The minimum absolute atomic E-state index is 0.0169. The molecule has 3 heterocycles. The minimum atomic E-state index is -0.691. The van der Waals surface area contributed by atoms with Gasteiger partial charge in [0.25, 0.3) is 5.91 Å². The first-order chi connectivity index (χ1) is 13.2. The van der Waals surface area contributed by atoms with Crippen LogP contribution in [-0.2, 0) is 19.2 Å². The molecule has 0 bridgehead atoms. The molecule has 9 nitrogen and oxygen atoms in total. The highest BCUT2D eigenvalue weighted by Gasteiger charge is 2.29. The van der Waals surface area contributed by atoms with Gasteiger partial charge in [-0.25, -0.2) is 0 Å². The molecule has 0 unspecified atom stereocenters. The Morgan fingerprint density at radius 1 is 1.19 bits per heavy atom. The third-order valence-electron chi connectivity index (χ3n) is 4.67. The molecule has 3 aliphatic heterocycles. The van der Waals surface area contributed by atoms with Crippen molar-refractivity contribution < 1.29 is 28.6 Å². The normalized spacial score (nSPS) is 20.8. The van der Waals surface area contributed by atoms with Gasteiger partial charge in [-0.15, -0.1) is 0 Å². The fraction of sp³-hybridized carbons (Fsp3) is 0.500. The SMILES string of the molecule is O=C(NCCC(=O)N1CCOCC1)[C@H]1CC(c2ccc3c(c2)OCO3)=NO1. The Morgan fingerprint density at radius 3 is 2.85 bits per heavy atom. The van der Waals surface area contributed by atoms with Gasteiger partial charge in [0, 0.05) is 38.0 Å². The van der Waals surface area contributed by atoms with Crippen LogP contribution < -0.4 is 14.8 Å². The van der Waals surface area contributed by atoms with Crippen LogP contribution in [0.25, 0.3) is 0 Å². The minimum Gasteiger partial charge on any atom is -0.454 e. The number of benzene rings is 1. The summed E-state index contributed by atoms with van der Waals surface area (Å²) in [5.41, 5.74) is 1.51. The smallest absolute Gasteiger partial charge is 0.264 e. The Balaban J connectivity index is 1.23. The van der Waals surface area contributed by atoms with Crippen molar-refractivity contribution in [2.24, 2.45) is 5.16 Å². The molecule has 0 aromatic heterocycles.